The predicted octanol–water partition coefficient (Wildman–Crippen LogP) is 3.30. The lowest BCUT2D eigenvalue weighted by Gasteiger charge is -2.21. The van der Waals surface area contributed by atoms with Crippen LogP contribution in [0.1, 0.15) is 29.8 Å². The number of carbonyl (C=O) groups is 1. The van der Waals surface area contributed by atoms with Crippen molar-refractivity contribution in [3.63, 3.8) is 0 Å². The van der Waals surface area contributed by atoms with Gasteiger partial charge in [-0.1, -0.05) is 23.7 Å². The Morgan fingerprint density at radius 2 is 1.64 bits per heavy atom. The van der Waals surface area contributed by atoms with Crippen LogP contribution >= 0.6 is 11.6 Å². The Kier molecular flexibility index (Phi) is 6.21. The van der Waals surface area contributed by atoms with Crippen molar-refractivity contribution in [1.29, 1.82) is 0 Å². The number of nitrogens with one attached hydrogen (secondary N) is 1. The quantitative estimate of drug-likeness (QED) is 0.836. The predicted molar refractivity (Wildman–Crippen MR) is 99.1 cm³/mol. The summed E-state index contributed by atoms with van der Waals surface area (Å²) in [4.78, 5) is 12.4. The molecule has 0 aromatic heterocycles. The normalized spacial score (nSPS) is 11.8. The number of halogens is 1. The lowest BCUT2D eigenvalue weighted by Crippen LogP contribution is -2.33. The second-order valence-electron chi connectivity index (χ2n) is 5.95. The van der Waals surface area contributed by atoms with Crippen molar-refractivity contribution in [2.75, 3.05) is 7.05 Å². The third-order valence-corrected chi connectivity index (χ3v) is 6.19. The van der Waals surface area contributed by atoms with E-state index in [4.69, 9.17) is 11.6 Å². The van der Waals surface area contributed by atoms with Crippen LogP contribution in [0.25, 0.3) is 0 Å². The van der Waals surface area contributed by atoms with Crippen molar-refractivity contribution in [3.8, 4) is 0 Å². The van der Waals surface area contributed by atoms with Gasteiger partial charge < -0.3 is 5.32 Å². The van der Waals surface area contributed by atoms with Crippen molar-refractivity contribution in [2.24, 2.45) is 0 Å². The van der Waals surface area contributed by atoms with Crippen molar-refractivity contribution in [3.05, 3.63) is 64.7 Å². The van der Waals surface area contributed by atoms with Crippen LogP contribution in [0.3, 0.4) is 0 Å². The summed E-state index contributed by atoms with van der Waals surface area (Å²) in [6, 6.07) is 13.0. The largest absolute Gasteiger partial charge is 0.348 e. The van der Waals surface area contributed by atoms with Gasteiger partial charge in [-0.2, -0.15) is 4.31 Å². The van der Waals surface area contributed by atoms with E-state index in [2.05, 4.69) is 5.32 Å². The number of hydrogen-bond donors (Lipinski definition) is 1. The number of nitrogens with zero attached hydrogens (tertiary/aromatic N) is 1. The first-order valence-electron chi connectivity index (χ1n) is 7.82. The molecule has 5 nitrogen and oxygen atoms in total. The van der Waals surface area contributed by atoms with Crippen molar-refractivity contribution >= 4 is 27.5 Å². The molecule has 25 heavy (non-hydrogen) atoms. The van der Waals surface area contributed by atoms with Gasteiger partial charge in [0.15, 0.2) is 0 Å². The summed E-state index contributed by atoms with van der Waals surface area (Å²) < 4.78 is 26.1. The van der Waals surface area contributed by atoms with Crippen LogP contribution in [-0.4, -0.2) is 31.7 Å². The second-order valence-corrected chi connectivity index (χ2v) is 8.38. The summed E-state index contributed by atoms with van der Waals surface area (Å²) in [6.45, 7) is 3.97. The number of benzene rings is 2. The van der Waals surface area contributed by atoms with E-state index in [1.54, 1.807) is 26.0 Å². The lowest BCUT2D eigenvalue weighted by atomic mass is 10.2. The summed E-state index contributed by atoms with van der Waals surface area (Å²) in [5.41, 5.74) is 1.33. The van der Waals surface area contributed by atoms with Gasteiger partial charge >= 0.3 is 0 Å². The first kappa shape index (κ1) is 19.4. The topological polar surface area (TPSA) is 66.5 Å². The molecule has 0 bridgehead atoms. The van der Waals surface area contributed by atoms with Gasteiger partial charge in [-0.05, 0) is 55.8 Å². The first-order valence-corrected chi connectivity index (χ1v) is 9.64. The maximum atomic E-state index is 12.4. The van der Waals surface area contributed by atoms with Gasteiger partial charge in [-0.25, -0.2) is 8.42 Å². The molecule has 1 N–H and O–H groups in total. The van der Waals surface area contributed by atoms with Gasteiger partial charge in [0.25, 0.3) is 5.91 Å². The number of amides is 1. The van der Waals surface area contributed by atoms with E-state index in [1.165, 1.54) is 35.6 Å². The summed E-state index contributed by atoms with van der Waals surface area (Å²) >= 11 is 5.82. The summed E-state index contributed by atoms with van der Waals surface area (Å²) in [6.07, 6.45) is 0. The minimum atomic E-state index is -3.55. The van der Waals surface area contributed by atoms with Crippen LogP contribution < -0.4 is 5.32 Å². The van der Waals surface area contributed by atoms with E-state index in [0.717, 1.165) is 5.56 Å². The van der Waals surface area contributed by atoms with E-state index >= 15 is 0 Å². The van der Waals surface area contributed by atoms with Crippen LogP contribution in [0.5, 0.6) is 0 Å². The van der Waals surface area contributed by atoms with E-state index < -0.39 is 10.0 Å². The van der Waals surface area contributed by atoms with Gasteiger partial charge in [-0.15, -0.1) is 0 Å². The molecule has 0 aliphatic rings. The molecule has 0 heterocycles. The van der Waals surface area contributed by atoms with E-state index in [0.29, 0.717) is 17.1 Å². The van der Waals surface area contributed by atoms with Crippen molar-refractivity contribution in [2.45, 2.75) is 31.3 Å². The monoisotopic (exact) mass is 380 g/mol. The molecular formula is C18H21ClN2O3S. The maximum Gasteiger partial charge on any atom is 0.251 e. The number of sulfonamides is 1. The van der Waals surface area contributed by atoms with Gasteiger partial charge in [0, 0.05) is 30.2 Å². The molecule has 2 aromatic rings. The fourth-order valence-corrected chi connectivity index (χ4v) is 3.60. The van der Waals surface area contributed by atoms with Crippen molar-refractivity contribution < 1.29 is 13.2 Å². The smallest absolute Gasteiger partial charge is 0.251 e. The molecule has 0 aliphatic heterocycles. The minimum Gasteiger partial charge on any atom is -0.348 e. The highest BCUT2D eigenvalue weighted by Crippen LogP contribution is 2.17. The molecule has 0 atom stereocenters. The molecule has 0 aliphatic carbocycles. The molecular weight excluding hydrogens is 360 g/mol. The van der Waals surface area contributed by atoms with Crippen molar-refractivity contribution in [1.82, 2.24) is 9.62 Å². The van der Waals surface area contributed by atoms with Crippen LogP contribution in [0.2, 0.25) is 5.02 Å². The summed E-state index contributed by atoms with van der Waals surface area (Å²) in [5, 5.41) is 3.43. The SMILES string of the molecule is CC(C)N(C)S(=O)(=O)c1ccc(C(=O)NCc2ccc(Cl)cc2)cc1. The zero-order valence-corrected chi connectivity index (χ0v) is 15.9. The molecule has 1 amide bonds. The third-order valence-electron chi connectivity index (χ3n) is 3.89. The standard InChI is InChI=1S/C18H21ClN2O3S/c1-13(2)21(3)25(23,24)17-10-6-15(7-11-17)18(22)20-12-14-4-8-16(19)9-5-14/h4-11,13H,12H2,1-3H3,(H,20,22). The van der Waals surface area contributed by atoms with E-state index in [1.807, 2.05) is 12.1 Å². The zero-order valence-electron chi connectivity index (χ0n) is 14.4. The Morgan fingerprint density at radius 1 is 1.08 bits per heavy atom. The minimum absolute atomic E-state index is 0.146. The van der Waals surface area contributed by atoms with Crippen LogP contribution in [-0.2, 0) is 16.6 Å². The molecule has 2 rings (SSSR count). The zero-order chi connectivity index (χ0) is 18.6. The molecule has 0 fully saturated rings. The molecule has 0 saturated heterocycles. The first-order chi connectivity index (χ1) is 11.7. The Hall–Kier alpha value is -1.89. The van der Waals surface area contributed by atoms with Gasteiger partial charge in [0.1, 0.15) is 0 Å². The number of rotatable bonds is 6. The molecule has 0 spiro atoms. The average Bonchev–Trinajstić information content (AvgIpc) is 2.60. The summed E-state index contributed by atoms with van der Waals surface area (Å²) in [7, 11) is -2.02. The fraction of sp³-hybridized carbons (Fsp3) is 0.278. The molecule has 7 heteroatoms. The van der Waals surface area contributed by atoms with Crippen LogP contribution in [0.4, 0.5) is 0 Å². The van der Waals surface area contributed by atoms with Gasteiger partial charge in [-0.3, -0.25) is 4.79 Å². The highest BCUT2D eigenvalue weighted by Gasteiger charge is 2.23. The lowest BCUT2D eigenvalue weighted by molar-refractivity contribution is 0.0951. The fourth-order valence-electron chi connectivity index (χ4n) is 2.11. The van der Waals surface area contributed by atoms with Gasteiger partial charge in [0.05, 0.1) is 4.90 Å². The van der Waals surface area contributed by atoms with Crippen LogP contribution in [0.15, 0.2) is 53.4 Å². The summed E-state index contributed by atoms with van der Waals surface area (Å²) in [5.74, 6) is -0.267. The highest BCUT2D eigenvalue weighted by molar-refractivity contribution is 7.89. The van der Waals surface area contributed by atoms with E-state index in [9.17, 15) is 13.2 Å². The number of hydrogen-bond acceptors (Lipinski definition) is 3. The number of carbonyl (C=O) groups excluding carboxylic acids is 1. The highest BCUT2D eigenvalue weighted by atomic mass is 35.5. The van der Waals surface area contributed by atoms with Crippen LogP contribution in [0, 0.1) is 0 Å². The Balaban J connectivity index is 2.06. The molecule has 0 radical (unpaired) electrons. The van der Waals surface area contributed by atoms with Gasteiger partial charge in [0.2, 0.25) is 10.0 Å². The maximum absolute atomic E-state index is 12.4. The average molecular weight is 381 g/mol. The second kappa shape index (κ2) is 7.99. The Bertz CT molecular complexity index is 832. The Labute approximate surface area is 153 Å². The molecule has 0 unspecified atom stereocenters. The molecule has 134 valence electrons. The van der Waals surface area contributed by atoms with E-state index in [-0.39, 0.29) is 16.8 Å². The molecule has 0 saturated carbocycles. The molecule has 2 aromatic carbocycles. The Morgan fingerprint density at radius 3 is 2.16 bits per heavy atom. The third kappa shape index (κ3) is 4.81.